The van der Waals surface area contributed by atoms with Crippen molar-refractivity contribution in [2.24, 2.45) is 11.3 Å². The van der Waals surface area contributed by atoms with Crippen LogP contribution in [0.1, 0.15) is 58.2 Å². The number of hydrogen-bond donors (Lipinski definition) is 1. The van der Waals surface area contributed by atoms with Crippen LogP contribution in [0.3, 0.4) is 0 Å². The Bertz CT molecular complexity index is 583. The highest BCUT2D eigenvalue weighted by Gasteiger charge is 2.31. The molecule has 0 saturated heterocycles. The molecule has 0 bridgehead atoms. The molecule has 2 amide bonds. The lowest BCUT2D eigenvalue weighted by Gasteiger charge is -2.32. The van der Waals surface area contributed by atoms with Crippen LogP contribution in [0.4, 0.5) is 0 Å². The van der Waals surface area contributed by atoms with Gasteiger partial charge in [-0.1, -0.05) is 25.9 Å². The van der Waals surface area contributed by atoms with Crippen LogP contribution in [0.2, 0.25) is 0 Å². The van der Waals surface area contributed by atoms with Crippen molar-refractivity contribution in [3.63, 3.8) is 0 Å². The van der Waals surface area contributed by atoms with Gasteiger partial charge in [-0.25, -0.2) is 0 Å². The zero-order valence-corrected chi connectivity index (χ0v) is 15.3. The lowest BCUT2D eigenvalue weighted by Crippen LogP contribution is -2.44. The fraction of sp³-hybridized carbons (Fsp3) is 0.765. The first-order valence-corrected chi connectivity index (χ1v) is 8.52. The molecule has 0 atom stereocenters. The largest absolute Gasteiger partial charge is 0.353 e. The maximum absolute atomic E-state index is 12.5. The molecule has 1 aliphatic rings. The van der Waals surface area contributed by atoms with Gasteiger partial charge < -0.3 is 14.7 Å². The lowest BCUT2D eigenvalue weighted by atomic mass is 9.84. The maximum atomic E-state index is 12.5. The number of nitrogens with zero attached hydrogens (tertiary/aromatic N) is 3. The van der Waals surface area contributed by atoms with Crippen molar-refractivity contribution in [2.45, 2.75) is 66.0 Å². The van der Waals surface area contributed by atoms with Gasteiger partial charge in [-0.15, -0.1) is 0 Å². The van der Waals surface area contributed by atoms with E-state index in [2.05, 4.69) is 15.5 Å². The molecule has 134 valence electrons. The third-order valence-electron chi connectivity index (χ3n) is 4.42. The highest BCUT2D eigenvalue weighted by atomic mass is 16.5. The Morgan fingerprint density at radius 1 is 1.25 bits per heavy atom. The predicted molar refractivity (Wildman–Crippen MR) is 88.9 cm³/mol. The Morgan fingerprint density at radius 3 is 2.38 bits per heavy atom. The van der Waals surface area contributed by atoms with E-state index in [0.29, 0.717) is 18.3 Å². The number of aryl methyl sites for hydroxylation is 1. The van der Waals surface area contributed by atoms with Gasteiger partial charge in [0, 0.05) is 31.3 Å². The quantitative estimate of drug-likeness (QED) is 0.909. The molecule has 2 rings (SSSR count). The minimum Gasteiger partial charge on any atom is -0.353 e. The summed E-state index contributed by atoms with van der Waals surface area (Å²) < 4.78 is 4.93. The van der Waals surface area contributed by atoms with Crippen molar-refractivity contribution < 1.29 is 14.1 Å². The zero-order chi connectivity index (χ0) is 17.9. The highest BCUT2D eigenvalue weighted by Crippen LogP contribution is 2.27. The van der Waals surface area contributed by atoms with Crippen LogP contribution in [-0.4, -0.2) is 39.9 Å². The molecule has 24 heavy (non-hydrogen) atoms. The van der Waals surface area contributed by atoms with Crippen LogP contribution in [0.15, 0.2) is 4.52 Å². The monoisotopic (exact) mass is 336 g/mol. The summed E-state index contributed by atoms with van der Waals surface area (Å²) in [6.45, 7) is 7.81. The Balaban J connectivity index is 1.80. The van der Waals surface area contributed by atoms with Crippen molar-refractivity contribution in [1.29, 1.82) is 0 Å². The second-order valence-electron chi connectivity index (χ2n) is 7.70. The molecule has 0 unspecified atom stereocenters. The lowest BCUT2D eigenvalue weighted by molar-refractivity contribution is -0.136. The summed E-state index contributed by atoms with van der Waals surface area (Å²) in [6, 6.07) is 0.172. The molecule has 1 aromatic heterocycles. The summed E-state index contributed by atoms with van der Waals surface area (Å²) in [5.74, 6) is 1.21. The van der Waals surface area contributed by atoms with Crippen molar-refractivity contribution in [3.8, 4) is 0 Å². The Morgan fingerprint density at radius 2 is 1.88 bits per heavy atom. The van der Waals surface area contributed by atoms with Gasteiger partial charge in [0.15, 0.2) is 5.82 Å². The van der Waals surface area contributed by atoms with E-state index in [1.54, 1.807) is 18.9 Å². The minimum absolute atomic E-state index is 0.00536. The van der Waals surface area contributed by atoms with Crippen molar-refractivity contribution in [3.05, 3.63) is 11.7 Å². The number of carbonyl (C=O) groups is 2. The summed E-state index contributed by atoms with van der Waals surface area (Å²) in [4.78, 5) is 30.4. The summed E-state index contributed by atoms with van der Waals surface area (Å²) >= 11 is 0. The van der Waals surface area contributed by atoms with Gasteiger partial charge in [0.05, 0.1) is 6.54 Å². The zero-order valence-electron chi connectivity index (χ0n) is 15.3. The molecule has 7 nitrogen and oxygen atoms in total. The van der Waals surface area contributed by atoms with Gasteiger partial charge in [-0.3, -0.25) is 9.59 Å². The SMILES string of the molecule is Cc1nc(CN(C)C(=O)C2CCC(NC(=O)C(C)(C)C)CC2)no1. The number of rotatable bonds is 4. The van der Waals surface area contributed by atoms with E-state index in [4.69, 9.17) is 4.52 Å². The molecule has 1 aromatic rings. The Labute approximate surface area is 143 Å². The summed E-state index contributed by atoms with van der Waals surface area (Å²) in [5.41, 5.74) is -0.379. The molecule has 1 fully saturated rings. The van der Waals surface area contributed by atoms with Gasteiger partial charge in [-0.2, -0.15) is 4.98 Å². The average molecular weight is 336 g/mol. The molecular weight excluding hydrogens is 308 g/mol. The number of aromatic nitrogens is 2. The van der Waals surface area contributed by atoms with Crippen LogP contribution in [0.5, 0.6) is 0 Å². The molecule has 1 saturated carbocycles. The third kappa shape index (κ3) is 4.79. The van der Waals surface area contributed by atoms with E-state index in [1.807, 2.05) is 20.8 Å². The maximum Gasteiger partial charge on any atom is 0.225 e. The molecule has 1 N–H and O–H groups in total. The Kier molecular flexibility index (Phi) is 5.62. The van der Waals surface area contributed by atoms with Crippen LogP contribution in [0.25, 0.3) is 0 Å². The van der Waals surface area contributed by atoms with Crippen LogP contribution < -0.4 is 5.32 Å². The van der Waals surface area contributed by atoms with Gasteiger partial charge in [0.1, 0.15) is 0 Å². The van der Waals surface area contributed by atoms with Crippen molar-refractivity contribution >= 4 is 11.8 Å². The first-order valence-electron chi connectivity index (χ1n) is 8.52. The molecule has 0 spiro atoms. The standard InChI is InChI=1S/C17H28N4O3/c1-11-18-14(20-24-11)10-21(5)15(22)12-6-8-13(9-7-12)19-16(23)17(2,3)4/h12-13H,6-10H2,1-5H3,(H,19,23). The predicted octanol–water partition coefficient (Wildman–Crippen LogP) is 2.06. The summed E-state index contributed by atoms with van der Waals surface area (Å²) in [5, 5.41) is 6.92. The molecule has 0 radical (unpaired) electrons. The molecule has 0 aliphatic heterocycles. The van der Waals surface area contributed by atoms with Gasteiger partial charge in [0.2, 0.25) is 17.7 Å². The fourth-order valence-electron chi connectivity index (χ4n) is 2.89. The fourth-order valence-corrected chi connectivity index (χ4v) is 2.89. The van der Waals surface area contributed by atoms with Crippen LogP contribution in [0, 0.1) is 18.3 Å². The van der Waals surface area contributed by atoms with E-state index < -0.39 is 0 Å². The number of amides is 2. The summed E-state index contributed by atoms with van der Waals surface area (Å²) in [6.07, 6.45) is 3.27. The van der Waals surface area contributed by atoms with E-state index >= 15 is 0 Å². The molecule has 0 aromatic carbocycles. The third-order valence-corrected chi connectivity index (χ3v) is 4.42. The van der Waals surface area contributed by atoms with E-state index in [0.717, 1.165) is 25.7 Å². The van der Waals surface area contributed by atoms with Gasteiger partial charge >= 0.3 is 0 Å². The van der Waals surface area contributed by atoms with Crippen LogP contribution in [-0.2, 0) is 16.1 Å². The van der Waals surface area contributed by atoms with Crippen molar-refractivity contribution in [2.75, 3.05) is 7.05 Å². The topological polar surface area (TPSA) is 88.3 Å². The van der Waals surface area contributed by atoms with Gasteiger partial charge in [0.25, 0.3) is 0 Å². The highest BCUT2D eigenvalue weighted by molar-refractivity contribution is 5.81. The molecule has 1 aliphatic carbocycles. The second kappa shape index (κ2) is 7.32. The van der Waals surface area contributed by atoms with Crippen molar-refractivity contribution in [1.82, 2.24) is 20.4 Å². The van der Waals surface area contributed by atoms with Crippen LogP contribution >= 0.6 is 0 Å². The van der Waals surface area contributed by atoms with E-state index in [-0.39, 0.29) is 29.2 Å². The first-order chi connectivity index (χ1) is 11.2. The molecular formula is C17H28N4O3. The smallest absolute Gasteiger partial charge is 0.225 e. The van der Waals surface area contributed by atoms with E-state index in [9.17, 15) is 9.59 Å². The molecule has 1 heterocycles. The summed E-state index contributed by atoms with van der Waals surface area (Å²) in [7, 11) is 1.77. The number of nitrogens with one attached hydrogen (secondary N) is 1. The number of carbonyl (C=O) groups excluding carboxylic acids is 2. The number of hydrogen-bond acceptors (Lipinski definition) is 5. The Hall–Kier alpha value is -1.92. The normalized spacial score (nSPS) is 21.4. The minimum atomic E-state index is -0.379. The molecule has 7 heteroatoms. The first kappa shape index (κ1) is 18.4. The second-order valence-corrected chi connectivity index (χ2v) is 7.70. The average Bonchev–Trinajstić information content (AvgIpc) is 2.91. The van der Waals surface area contributed by atoms with Gasteiger partial charge in [-0.05, 0) is 25.7 Å². The van der Waals surface area contributed by atoms with E-state index in [1.165, 1.54) is 0 Å².